The molecule has 3 rings (SSSR count). The van der Waals surface area contributed by atoms with E-state index in [1.807, 2.05) is 85.8 Å². The van der Waals surface area contributed by atoms with Crippen molar-refractivity contribution in [2.24, 2.45) is 0 Å². The number of alkyl carbamates (subject to hydrolysis) is 1. The van der Waals surface area contributed by atoms with Gasteiger partial charge in [-0.15, -0.1) is 0 Å². The first-order chi connectivity index (χ1) is 17.6. The Morgan fingerprint density at radius 2 is 1.47 bits per heavy atom. The Bertz CT molecular complexity index is 1090. The Hall–Kier alpha value is -3.57. The molecule has 0 aliphatic carbocycles. The number of hydrogen-bond acceptors (Lipinski definition) is 6. The molecule has 0 aromatic heterocycles. The number of carbonyl (C=O) groups excluding carboxylic acids is 2. The van der Waals surface area contributed by atoms with E-state index in [1.165, 1.54) is 0 Å². The molecule has 0 heterocycles. The lowest BCUT2D eigenvalue weighted by Gasteiger charge is -2.19. The Kier molecular flexibility index (Phi) is 11.1. The van der Waals surface area contributed by atoms with Gasteiger partial charge in [-0.1, -0.05) is 73.7 Å². The second-order valence-corrected chi connectivity index (χ2v) is 9.07. The summed E-state index contributed by atoms with van der Waals surface area (Å²) in [7, 11) is 0.305. The minimum atomic E-state index is -0.917. The van der Waals surface area contributed by atoms with Gasteiger partial charge in [0.2, 0.25) is 0 Å². The van der Waals surface area contributed by atoms with Crippen LogP contribution in [0.25, 0.3) is 0 Å². The highest BCUT2D eigenvalue weighted by Gasteiger charge is 2.24. The minimum Gasteiger partial charge on any atom is -0.485 e. The molecule has 7 nitrogen and oxygen atoms in total. The van der Waals surface area contributed by atoms with Gasteiger partial charge in [-0.2, -0.15) is 0 Å². The van der Waals surface area contributed by atoms with E-state index in [0.717, 1.165) is 22.9 Å². The number of esters is 1. The molecule has 0 fully saturated rings. The molecule has 1 amide bonds. The monoisotopic (exact) mass is 509 g/mol. The molecule has 0 bridgehead atoms. The van der Waals surface area contributed by atoms with Crippen LogP contribution < -0.4 is 14.6 Å². The normalized spacial score (nSPS) is 11.6. The highest BCUT2D eigenvalue weighted by molar-refractivity contribution is 7.32. The van der Waals surface area contributed by atoms with Crippen molar-refractivity contribution in [3.05, 3.63) is 95.6 Å². The SMILES string of the molecule is CCOC(=O)[C@H](Cc1ccc(OPCC)c(OCc2ccccc2)c1)NC(=O)OCc1ccccc1. The Morgan fingerprint density at radius 1 is 0.806 bits per heavy atom. The summed E-state index contributed by atoms with van der Waals surface area (Å²) >= 11 is 0. The van der Waals surface area contributed by atoms with Crippen LogP contribution in [0.15, 0.2) is 78.9 Å². The molecule has 0 aliphatic heterocycles. The zero-order valence-corrected chi connectivity index (χ0v) is 21.6. The predicted octanol–water partition coefficient (Wildman–Crippen LogP) is 5.66. The largest absolute Gasteiger partial charge is 0.485 e. The standard InChI is InChI=1S/C28H32NO6P/c1-3-32-27(30)24(29-28(31)34-20-22-13-9-6-10-14-22)17-23-15-16-25(35-36-4-2)26(18-23)33-19-21-11-7-5-8-12-21/h5-16,18,24,36H,3-4,17,19-20H2,1-2H3,(H,29,31)/t24-/m0/s1. The molecule has 36 heavy (non-hydrogen) atoms. The van der Waals surface area contributed by atoms with Crippen molar-refractivity contribution < 1.29 is 28.3 Å². The molecule has 0 saturated heterocycles. The van der Waals surface area contributed by atoms with Crippen molar-refractivity contribution >= 4 is 20.9 Å². The van der Waals surface area contributed by atoms with Gasteiger partial charge in [-0.05, 0) is 41.9 Å². The second kappa shape index (κ2) is 14.7. The molecule has 190 valence electrons. The first-order valence-electron chi connectivity index (χ1n) is 11.9. The maximum Gasteiger partial charge on any atom is 0.408 e. The third kappa shape index (κ3) is 8.90. The Labute approximate surface area is 214 Å². The number of benzene rings is 3. The molecule has 1 unspecified atom stereocenters. The van der Waals surface area contributed by atoms with Gasteiger partial charge in [-0.25, -0.2) is 9.59 Å². The molecular formula is C28H32NO6P. The van der Waals surface area contributed by atoms with Gasteiger partial charge in [0.05, 0.1) is 15.4 Å². The van der Waals surface area contributed by atoms with Gasteiger partial charge in [0.1, 0.15) is 19.3 Å². The van der Waals surface area contributed by atoms with E-state index in [0.29, 0.717) is 26.9 Å². The second-order valence-electron chi connectivity index (χ2n) is 7.87. The van der Waals surface area contributed by atoms with Crippen molar-refractivity contribution in [1.29, 1.82) is 0 Å². The van der Waals surface area contributed by atoms with E-state index in [1.54, 1.807) is 6.92 Å². The van der Waals surface area contributed by atoms with Crippen molar-refractivity contribution in [3.8, 4) is 11.5 Å². The average molecular weight is 510 g/mol. The maximum atomic E-state index is 12.6. The number of hydrogen-bond donors (Lipinski definition) is 1. The lowest BCUT2D eigenvalue weighted by atomic mass is 10.1. The number of ether oxygens (including phenoxy) is 3. The van der Waals surface area contributed by atoms with E-state index >= 15 is 0 Å². The molecule has 0 radical (unpaired) electrons. The van der Waals surface area contributed by atoms with Crippen molar-refractivity contribution in [1.82, 2.24) is 5.32 Å². The molecule has 8 heteroatoms. The van der Waals surface area contributed by atoms with Gasteiger partial charge in [-0.3, -0.25) is 0 Å². The van der Waals surface area contributed by atoms with Gasteiger partial charge in [0.25, 0.3) is 0 Å². The summed E-state index contributed by atoms with van der Waals surface area (Å²) in [6, 6.07) is 23.8. The van der Waals surface area contributed by atoms with E-state index < -0.39 is 18.1 Å². The van der Waals surface area contributed by atoms with Gasteiger partial charge in [0.15, 0.2) is 11.5 Å². The number of nitrogens with one attached hydrogen (secondary N) is 1. The number of carbonyl (C=O) groups is 2. The van der Waals surface area contributed by atoms with Crippen LogP contribution in [0.5, 0.6) is 11.5 Å². The summed E-state index contributed by atoms with van der Waals surface area (Å²) < 4.78 is 22.4. The Morgan fingerprint density at radius 3 is 2.11 bits per heavy atom. The van der Waals surface area contributed by atoms with E-state index in [9.17, 15) is 9.59 Å². The molecular weight excluding hydrogens is 477 g/mol. The fraction of sp³-hybridized carbons (Fsp3) is 0.286. The summed E-state index contributed by atoms with van der Waals surface area (Å²) in [5.41, 5.74) is 2.66. The third-order valence-electron chi connectivity index (χ3n) is 5.09. The highest BCUT2D eigenvalue weighted by Crippen LogP contribution is 2.33. The van der Waals surface area contributed by atoms with Gasteiger partial charge in [0, 0.05) is 6.42 Å². The van der Waals surface area contributed by atoms with Crippen molar-refractivity contribution in [3.63, 3.8) is 0 Å². The molecule has 0 spiro atoms. The minimum absolute atomic E-state index is 0.101. The predicted molar refractivity (Wildman–Crippen MR) is 141 cm³/mol. The molecule has 3 aromatic carbocycles. The van der Waals surface area contributed by atoms with E-state index in [2.05, 4.69) is 5.32 Å². The van der Waals surface area contributed by atoms with Crippen LogP contribution in [0.2, 0.25) is 0 Å². The summed E-state index contributed by atoms with van der Waals surface area (Å²) in [6.07, 6.45) is 0.401. The third-order valence-corrected chi connectivity index (χ3v) is 5.74. The fourth-order valence-corrected chi connectivity index (χ4v) is 3.81. The van der Waals surface area contributed by atoms with Crippen LogP contribution in [-0.4, -0.2) is 30.9 Å². The summed E-state index contributed by atoms with van der Waals surface area (Å²) in [5, 5.41) is 2.64. The smallest absolute Gasteiger partial charge is 0.408 e. The molecule has 0 aliphatic rings. The van der Waals surface area contributed by atoms with Gasteiger partial charge >= 0.3 is 12.1 Å². The first-order valence-corrected chi connectivity index (χ1v) is 13.0. The summed E-state index contributed by atoms with van der Waals surface area (Å²) in [4.78, 5) is 25.1. The van der Waals surface area contributed by atoms with E-state index in [-0.39, 0.29) is 19.6 Å². The zero-order valence-electron chi connectivity index (χ0n) is 20.6. The molecule has 3 aromatic rings. The van der Waals surface area contributed by atoms with Crippen LogP contribution in [-0.2, 0) is 33.9 Å². The molecule has 1 N–H and O–H groups in total. The number of rotatable bonds is 13. The topological polar surface area (TPSA) is 83.1 Å². The molecule has 2 atom stereocenters. The van der Waals surface area contributed by atoms with Crippen molar-refractivity contribution in [2.45, 2.75) is 39.5 Å². The van der Waals surface area contributed by atoms with Crippen molar-refractivity contribution in [2.75, 3.05) is 12.8 Å². The summed E-state index contributed by atoms with van der Waals surface area (Å²) in [5.74, 6) is 0.679. The number of amides is 1. The van der Waals surface area contributed by atoms with Crippen LogP contribution in [0.1, 0.15) is 30.5 Å². The van der Waals surface area contributed by atoms with E-state index in [4.69, 9.17) is 18.7 Å². The van der Waals surface area contributed by atoms with Crippen LogP contribution >= 0.6 is 8.81 Å². The Balaban J connectivity index is 1.71. The summed E-state index contributed by atoms with van der Waals surface area (Å²) in [6.45, 7) is 4.44. The van der Waals surface area contributed by atoms with Crippen LogP contribution in [0.4, 0.5) is 4.79 Å². The van der Waals surface area contributed by atoms with Crippen LogP contribution in [0.3, 0.4) is 0 Å². The quantitative estimate of drug-likeness (QED) is 0.237. The zero-order chi connectivity index (χ0) is 25.6. The fourth-order valence-electron chi connectivity index (χ4n) is 3.34. The van der Waals surface area contributed by atoms with Gasteiger partial charge < -0.3 is 24.1 Å². The highest BCUT2D eigenvalue weighted by atomic mass is 31.1. The van der Waals surface area contributed by atoms with Crippen LogP contribution in [0, 0.1) is 0 Å². The lowest BCUT2D eigenvalue weighted by Crippen LogP contribution is -2.43. The average Bonchev–Trinajstić information content (AvgIpc) is 2.91. The lowest BCUT2D eigenvalue weighted by molar-refractivity contribution is -0.145. The molecule has 0 saturated carbocycles. The maximum absolute atomic E-state index is 12.6. The first kappa shape index (κ1) is 27.0.